The number of hydrogen-bond acceptors (Lipinski definition) is 6. The van der Waals surface area contributed by atoms with Gasteiger partial charge in [-0.05, 0) is 18.2 Å². The summed E-state index contributed by atoms with van der Waals surface area (Å²) in [5, 5.41) is 6.74. The van der Waals surface area contributed by atoms with E-state index in [1.807, 2.05) is 0 Å². The van der Waals surface area contributed by atoms with Crippen LogP contribution in [0.25, 0.3) is 5.82 Å². The summed E-state index contributed by atoms with van der Waals surface area (Å²) >= 11 is 0. The lowest BCUT2D eigenvalue weighted by Gasteiger charge is -2.08. The minimum Gasteiger partial charge on any atom is -0.383 e. The Bertz CT molecular complexity index is 902. The predicted molar refractivity (Wildman–Crippen MR) is 89.7 cm³/mol. The topological polar surface area (TPSA) is 104 Å². The van der Waals surface area contributed by atoms with Crippen LogP contribution in [0.4, 0.5) is 5.69 Å². The smallest absolute Gasteiger partial charge is 0.276 e. The molecule has 0 saturated carbocycles. The quantitative estimate of drug-likeness (QED) is 0.709. The molecule has 1 amide bonds. The van der Waals surface area contributed by atoms with Crippen molar-refractivity contribution in [3.8, 4) is 5.82 Å². The molecule has 0 saturated heterocycles. The molecule has 0 aliphatic heterocycles. The molecule has 9 nitrogen and oxygen atoms in total. The molecular formula is C16H16N6O3. The van der Waals surface area contributed by atoms with Crippen molar-refractivity contribution >= 4 is 11.6 Å². The highest BCUT2D eigenvalue weighted by atomic mass is 16.5. The fraction of sp³-hybridized carbons (Fsp3) is 0.188. The maximum atomic E-state index is 12.3. The number of nitrogens with zero attached hydrogens (tertiary/aromatic N) is 5. The summed E-state index contributed by atoms with van der Waals surface area (Å²) in [6, 6.07) is 6.16. The third-order valence-corrected chi connectivity index (χ3v) is 3.38. The van der Waals surface area contributed by atoms with E-state index in [4.69, 9.17) is 4.74 Å². The minimum atomic E-state index is -0.427. The fourth-order valence-electron chi connectivity index (χ4n) is 2.11. The van der Waals surface area contributed by atoms with Gasteiger partial charge in [-0.3, -0.25) is 14.2 Å². The van der Waals surface area contributed by atoms with Gasteiger partial charge in [-0.15, -0.1) is 0 Å². The van der Waals surface area contributed by atoms with Crippen LogP contribution in [0.2, 0.25) is 0 Å². The molecule has 3 aromatic heterocycles. The third-order valence-electron chi connectivity index (χ3n) is 3.38. The van der Waals surface area contributed by atoms with Gasteiger partial charge >= 0.3 is 0 Å². The van der Waals surface area contributed by atoms with Crippen molar-refractivity contribution < 1.29 is 9.53 Å². The molecule has 1 N–H and O–H groups in total. The Morgan fingerprint density at radius 2 is 2.16 bits per heavy atom. The monoisotopic (exact) mass is 340 g/mol. The largest absolute Gasteiger partial charge is 0.383 e. The summed E-state index contributed by atoms with van der Waals surface area (Å²) in [6.45, 7) is 0.606. The summed E-state index contributed by atoms with van der Waals surface area (Å²) < 4.78 is 7.87. The van der Waals surface area contributed by atoms with E-state index in [1.54, 1.807) is 35.4 Å². The van der Waals surface area contributed by atoms with Gasteiger partial charge in [-0.2, -0.15) is 5.10 Å². The highest BCUT2D eigenvalue weighted by molar-refractivity contribution is 6.02. The third kappa shape index (κ3) is 3.96. The number of hydrogen-bond donors (Lipinski definition) is 1. The maximum absolute atomic E-state index is 12.3. The molecule has 0 aliphatic rings. The first kappa shape index (κ1) is 16.5. The van der Waals surface area contributed by atoms with Crippen LogP contribution >= 0.6 is 0 Å². The lowest BCUT2D eigenvalue weighted by atomic mass is 10.3. The molecule has 128 valence electrons. The fourth-order valence-corrected chi connectivity index (χ4v) is 2.11. The Kier molecular flexibility index (Phi) is 4.95. The first-order valence-electron chi connectivity index (χ1n) is 7.50. The first-order chi connectivity index (χ1) is 12.2. The van der Waals surface area contributed by atoms with Gasteiger partial charge in [0.2, 0.25) is 0 Å². The highest BCUT2D eigenvalue weighted by Crippen LogP contribution is 2.10. The Morgan fingerprint density at radius 3 is 2.84 bits per heavy atom. The molecule has 0 radical (unpaired) electrons. The van der Waals surface area contributed by atoms with Gasteiger partial charge in [-0.1, -0.05) is 0 Å². The standard InChI is InChI=1S/C16H16N6O3/c1-25-9-8-22-15(23)5-3-13(20-22)16(24)19-12-2-4-14(18-10-12)21-7-6-17-11-21/h2-7,10-11H,8-9H2,1H3,(H,19,24). The number of ether oxygens (including phenoxy) is 1. The molecule has 0 atom stereocenters. The van der Waals surface area contributed by atoms with Crippen LogP contribution in [0.15, 0.2) is 54.0 Å². The molecule has 0 aromatic carbocycles. The van der Waals surface area contributed by atoms with Crippen molar-refractivity contribution in [1.82, 2.24) is 24.3 Å². The second-order valence-corrected chi connectivity index (χ2v) is 5.10. The normalized spacial score (nSPS) is 10.6. The number of pyridine rings is 1. The van der Waals surface area contributed by atoms with Gasteiger partial charge in [0.1, 0.15) is 17.8 Å². The van der Waals surface area contributed by atoms with Crippen LogP contribution in [0.5, 0.6) is 0 Å². The summed E-state index contributed by atoms with van der Waals surface area (Å²) in [5.74, 6) is 0.255. The first-order valence-corrected chi connectivity index (χ1v) is 7.50. The van der Waals surface area contributed by atoms with Crippen molar-refractivity contribution in [3.05, 3.63) is 65.2 Å². The maximum Gasteiger partial charge on any atom is 0.276 e. The number of rotatable bonds is 6. The van der Waals surface area contributed by atoms with Gasteiger partial charge in [0.15, 0.2) is 0 Å². The van der Waals surface area contributed by atoms with Crippen LogP contribution in [-0.2, 0) is 11.3 Å². The number of amides is 1. The number of carbonyl (C=O) groups is 1. The van der Waals surface area contributed by atoms with E-state index < -0.39 is 5.91 Å². The average Bonchev–Trinajstić information content (AvgIpc) is 3.16. The van der Waals surface area contributed by atoms with Crippen molar-refractivity contribution in [2.24, 2.45) is 0 Å². The molecule has 3 heterocycles. The zero-order valence-corrected chi connectivity index (χ0v) is 13.5. The van der Waals surface area contributed by atoms with Crippen molar-refractivity contribution in [1.29, 1.82) is 0 Å². The Balaban J connectivity index is 1.72. The Morgan fingerprint density at radius 1 is 1.28 bits per heavy atom. The number of anilines is 1. The number of carbonyl (C=O) groups excluding carboxylic acids is 1. The van der Waals surface area contributed by atoms with Gasteiger partial charge in [0.05, 0.1) is 25.0 Å². The van der Waals surface area contributed by atoms with Crippen LogP contribution in [-0.4, -0.2) is 43.9 Å². The highest BCUT2D eigenvalue weighted by Gasteiger charge is 2.10. The average molecular weight is 340 g/mol. The van der Waals surface area contributed by atoms with E-state index in [0.29, 0.717) is 18.1 Å². The van der Waals surface area contributed by atoms with Gasteiger partial charge in [-0.25, -0.2) is 14.6 Å². The molecule has 0 bridgehead atoms. The Hall–Kier alpha value is -3.33. The zero-order chi connectivity index (χ0) is 17.6. The molecule has 3 rings (SSSR count). The van der Waals surface area contributed by atoms with Crippen LogP contribution in [0.3, 0.4) is 0 Å². The summed E-state index contributed by atoms with van der Waals surface area (Å²) in [5.41, 5.74) is 0.361. The molecule has 0 spiro atoms. The molecule has 9 heteroatoms. The van der Waals surface area contributed by atoms with Gasteiger partial charge < -0.3 is 10.1 Å². The van der Waals surface area contributed by atoms with Crippen LogP contribution < -0.4 is 10.9 Å². The second kappa shape index (κ2) is 7.49. The SMILES string of the molecule is COCCn1nc(C(=O)Nc2ccc(-n3ccnc3)nc2)ccc1=O. The van der Waals surface area contributed by atoms with E-state index in [0.717, 1.165) is 0 Å². The van der Waals surface area contributed by atoms with Crippen molar-refractivity contribution in [2.75, 3.05) is 19.0 Å². The number of methoxy groups -OCH3 is 1. The van der Waals surface area contributed by atoms with E-state index in [9.17, 15) is 9.59 Å². The summed E-state index contributed by atoms with van der Waals surface area (Å²) in [7, 11) is 1.53. The van der Waals surface area contributed by atoms with E-state index in [2.05, 4.69) is 20.4 Å². The Labute approximate surface area is 142 Å². The summed E-state index contributed by atoms with van der Waals surface area (Å²) in [6.07, 6.45) is 6.59. The summed E-state index contributed by atoms with van der Waals surface area (Å²) in [4.78, 5) is 32.2. The van der Waals surface area contributed by atoms with Crippen LogP contribution in [0.1, 0.15) is 10.5 Å². The van der Waals surface area contributed by atoms with E-state index in [1.165, 1.54) is 30.1 Å². The molecule has 3 aromatic rings. The van der Waals surface area contributed by atoms with E-state index in [-0.39, 0.29) is 17.8 Å². The van der Waals surface area contributed by atoms with Crippen LogP contribution in [0, 0.1) is 0 Å². The minimum absolute atomic E-state index is 0.134. The molecular weight excluding hydrogens is 324 g/mol. The molecule has 0 aliphatic carbocycles. The number of imidazole rings is 1. The van der Waals surface area contributed by atoms with Crippen molar-refractivity contribution in [2.45, 2.75) is 6.54 Å². The lowest BCUT2D eigenvalue weighted by Crippen LogP contribution is -2.27. The van der Waals surface area contributed by atoms with Gasteiger partial charge in [0, 0.05) is 25.6 Å². The van der Waals surface area contributed by atoms with E-state index >= 15 is 0 Å². The number of nitrogens with one attached hydrogen (secondary N) is 1. The zero-order valence-electron chi connectivity index (χ0n) is 13.5. The molecule has 0 fully saturated rings. The molecule has 0 unspecified atom stereocenters. The van der Waals surface area contributed by atoms with Gasteiger partial charge in [0.25, 0.3) is 11.5 Å². The predicted octanol–water partition coefficient (Wildman–Crippen LogP) is 0.723. The second-order valence-electron chi connectivity index (χ2n) is 5.10. The lowest BCUT2D eigenvalue weighted by molar-refractivity contribution is 0.101. The molecule has 25 heavy (non-hydrogen) atoms. The number of aromatic nitrogens is 5. The van der Waals surface area contributed by atoms with Crippen molar-refractivity contribution in [3.63, 3.8) is 0 Å².